The van der Waals surface area contributed by atoms with Crippen LogP contribution in [0.4, 0.5) is 5.69 Å². The number of hydrogen-bond donors (Lipinski definition) is 0. The first kappa shape index (κ1) is 18.3. The minimum atomic E-state index is 0.240. The predicted octanol–water partition coefficient (Wildman–Crippen LogP) is 3.98. The molecule has 3 nitrogen and oxygen atoms in total. The summed E-state index contributed by atoms with van der Waals surface area (Å²) in [5.74, 6) is 0.952. The average molecular weight is 356 g/mol. The molecule has 5 rings (SSSR count). The van der Waals surface area contributed by atoms with E-state index in [2.05, 4.69) is 66.8 Å². The molecule has 0 N–H and O–H groups in total. The molecule has 4 aliphatic heterocycles. The molecule has 0 aromatic heterocycles. The Balaban J connectivity index is 1.34. The van der Waals surface area contributed by atoms with Gasteiger partial charge in [-0.2, -0.15) is 0 Å². The number of likely N-dealkylation sites (N-methyl/N-ethyl adjacent to an activating group) is 1. The first-order valence-corrected chi connectivity index (χ1v) is 10.7. The first-order valence-electron chi connectivity index (χ1n) is 10.7. The van der Waals surface area contributed by atoms with E-state index in [1.807, 2.05) is 0 Å². The lowest BCUT2D eigenvalue weighted by atomic mass is 9.82. The van der Waals surface area contributed by atoms with Gasteiger partial charge in [0.15, 0.2) is 0 Å². The molecule has 4 aliphatic rings. The van der Waals surface area contributed by atoms with E-state index in [9.17, 15) is 0 Å². The van der Waals surface area contributed by atoms with Crippen molar-refractivity contribution >= 4 is 5.69 Å². The minimum absolute atomic E-state index is 0.240. The highest BCUT2D eigenvalue weighted by Crippen LogP contribution is 2.33. The van der Waals surface area contributed by atoms with Gasteiger partial charge < -0.3 is 9.80 Å². The smallest absolute Gasteiger partial charge is 0.0366 e. The van der Waals surface area contributed by atoms with Crippen LogP contribution in [-0.4, -0.2) is 61.7 Å². The number of hydrogen-bond acceptors (Lipinski definition) is 3. The SMILES string of the molecule is CN(C1CCN(c2ccc(C(C)(C)C)cc2)CC1)C1CN2CCC1CC2. The Morgan fingerprint density at radius 1 is 0.885 bits per heavy atom. The summed E-state index contributed by atoms with van der Waals surface area (Å²) in [6.07, 6.45) is 5.46. The van der Waals surface area contributed by atoms with Crippen LogP contribution in [0.2, 0.25) is 0 Å². The van der Waals surface area contributed by atoms with E-state index in [0.29, 0.717) is 0 Å². The minimum Gasteiger partial charge on any atom is -0.371 e. The molecule has 1 atom stereocenters. The van der Waals surface area contributed by atoms with Crippen LogP contribution in [0, 0.1) is 5.92 Å². The summed E-state index contributed by atoms with van der Waals surface area (Å²) in [6.45, 7) is 13.3. The van der Waals surface area contributed by atoms with E-state index >= 15 is 0 Å². The number of rotatable bonds is 3. The maximum atomic E-state index is 2.76. The largest absolute Gasteiger partial charge is 0.371 e. The Morgan fingerprint density at radius 3 is 2.00 bits per heavy atom. The van der Waals surface area contributed by atoms with Crippen molar-refractivity contribution in [1.29, 1.82) is 0 Å². The lowest BCUT2D eigenvalue weighted by Gasteiger charge is -2.51. The maximum absolute atomic E-state index is 2.76. The highest BCUT2D eigenvalue weighted by molar-refractivity contribution is 5.49. The van der Waals surface area contributed by atoms with Gasteiger partial charge in [0.1, 0.15) is 0 Å². The van der Waals surface area contributed by atoms with E-state index in [0.717, 1.165) is 18.0 Å². The molecule has 0 aliphatic carbocycles. The van der Waals surface area contributed by atoms with Gasteiger partial charge >= 0.3 is 0 Å². The Kier molecular flexibility index (Phi) is 5.04. The van der Waals surface area contributed by atoms with Gasteiger partial charge in [-0.3, -0.25) is 4.90 Å². The average Bonchev–Trinajstić information content (AvgIpc) is 2.68. The molecule has 2 bridgehead atoms. The summed E-state index contributed by atoms with van der Waals surface area (Å²) in [7, 11) is 2.41. The van der Waals surface area contributed by atoms with Crippen LogP contribution < -0.4 is 4.90 Å². The van der Waals surface area contributed by atoms with Crippen molar-refractivity contribution in [3.63, 3.8) is 0 Å². The summed E-state index contributed by atoms with van der Waals surface area (Å²) >= 11 is 0. The molecule has 4 saturated heterocycles. The molecule has 1 aromatic carbocycles. The van der Waals surface area contributed by atoms with E-state index in [1.165, 1.54) is 69.7 Å². The Bertz CT molecular complexity index is 587. The van der Waals surface area contributed by atoms with Crippen molar-refractivity contribution in [2.24, 2.45) is 5.92 Å². The number of nitrogens with zero attached hydrogens (tertiary/aromatic N) is 3. The lowest BCUT2D eigenvalue weighted by Crippen LogP contribution is -2.59. The molecule has 144 valence electrons. The molecule has 0 radical (unpaired) electrons. The molecule has 3 heteroatoms. The normalized spacial score (nSPS) is 30.2. The standard InChI is InChI=1S/C23H37N3/c1-23(2,3)19-5-7-21(8-6-19)26-15-11-20(12-16-26)24(4)22-17-25-13-9-18(22)10-14-25/h5-8,18,20,22H,9-17H2,1-4H3. The fraction of sp³-hybridized carbons (Fsp3) is 0.739. The van der Waals surface area contributed by atoms with Crippen molar-refractivity contribution in [3.8, 4) is 0 Å². The van der Waals surface area contributed by atoms with Crippen molar-refractivity contribution in [1.82, 2.24) is 9.80 Å². The molecule has 4 heterocycles. The van der Waals surface area contributed by atoms with E-state index in [1.54, 1.807) is 0 Å². The van der Waals surface area contributed by atoms with Crippen LogP contribution in [0.15, 0.2) is 24.3 Å². The molecule has 0 spiro atoms. The lowest BCUT2D eigenvalue weighted by molar-refractivity contribution is -0.00546. The highest BCUT2D eigenvalue weighted by Gasteiger charge is 2.38. The van der Waals surface area contributed by atoms with E-state index in [4.69, 9.17) is 0 Å². The predicted molar refractivity (Wildman–Crippen MR) is 111 cm³/mol. The Hall–Kier alpha value is -1.06. The third-order valence-electron chi connectivity index (χ3n) is 7.28. The second-order valence-corrected chi connectivity index (χ2v) is 9.89. The van der Waals surface area contributed by atoms with Crippen LogP contribution in [-0.2, 0) is 5.41 Å². The van der Waals surface area contributed by atoms with Gasteiger partial charge in [-0.1, -0.05) is 32.9 Å². The van der Waals surface area contributed by atoms with Crippen LogP contribution in [0.5, 0.6) is 0 Å². The van der Waals surface area contributed by atoms with E-state index < -0.39 is 0 Å². The topological polar surface area (TPSA) is 9.72 Å². The Labute approximate surface area is 160 Å². The molecular weight excluding hydrogens is 318 g/mol. The van der Waals surface area contributed by atoms with Crippen molar-refractivity contribution in [3.05, 3.63) is 29.8 Å². The van der Waals surface area contributed by atoms with Gasteiger partial charge in [-0.15, -0.1) is 0 Å². The van der Waals surface area contributed by atoms with Crippen LogP contribution in [0.3, 0.4) is 0 Å². The molecule has 0 saturated carbocycles. The molecular formula is C23H37N3. The molecule has 26 heavy (non-hydrogen) atoms. The number of piperidine rings is 4. The van der Waals surface area contributed by atoms with Crippen LogP contribution in [0.25, 0.3) is 0 Å². The summed E-state index contributed by atoms with van der Waals surface area (Å²) in [4.78, 5) is 8.04. The zero-order valence-electron chi connectivity index (χ0n) is 17.2. The summed E-state index contributed by atoms with van der Waals surface area (Å²) in [6, 6.07) is 10.9. The van der Waals surface area contributed by atoms with Gasteiger partial charge in [-0.05, 0) is 74.8 Å². The summed E-state index contributed by atoms with van der Waals surface area (Å²) < 4.78 is 0. The Morgan fingerprint density at radius 2 is 1.50 bits per heavy atom. The second kappa shape index (κ2) is 7.16. The number of fused-ring (bicyclic) bond motifs is 3. The molecule has 4 fully saturated rings. The number of anilines is 1. The zero-order chi connectivity index (χ0) is 18.3. The molecule has 1 unspecified atom stereocenters. The van der Waals surface area contributed by atoms with Crippen LogP contribution in [0.1, 0.15) is 52.0 Å². The third-order valence-corrected chi connectivity index (χ3v) is 7.28. The van der Waals surface area contributed by atoms with Gasteiger partial charge in [0, 0.05) is 37.4 Å². The third kappa shape index (κ3) is 3.66. The van der Waals surface area contributed by atoms with Gasteiger partial charge in [0.2, 0.25) is 0 Å². The van der Waals surface area contributed by atoms with Gasteiger partial charge in [0.25, 0.3) is 0 Å². The first-order chi connectivity index (χ1) is 12.4. The second-order valence-electron chi connectivity index (χ2n) is 9.89. The fourth-order valence-electron chi connectivity index (χ4n) is 5.37. The van der Waals surface area contributed by atoms with Crippen molar-refractivity contribution < 1.29 is 0 Å². The summed E-state index contributed by atoms with van der Waals surface area (Å²) in [5.41, 5.74) is 3.07. The van der Waals surface area contributed by atoms with Crippen molar-refractivity contribution in [2.75, 3.05) is 44.7 Å². The zero-order valence-corrected chi connectivity index (χ0v) is 17.2. The highest BCUT2D eigenvalue weighted by atomic mass is 15.3. The van der Waals surface area contributed by atoms with Crippen molar-refractivity contribution in [2.45, 2.75) is 64.0 Å². The summed E-state index contributed by atoms with van der Waals surface area (Å²) in [5, 5.41) is 0. The van der Waals surface area contributed by atoms with Gasteiger partial charge in [-0.25, -0.2) is 0 Å². The number of benzene rings is 1. The maximum Gasteiger partial charge on any atom is 0.0366 e. The fourth-order valence-corrected chi connectivity index (χ4v) is 5.37. The quantitative estimate of drug-likeness (QED) is 0.812. The molecule has 0 amide bonds. The van der Waals surface area contributed by atoms with Crippen LogP contribution >= 0.6 is 0 Å². The monoisotopic (exact) mass is 355 g/mol. The van der Waals surface area contributed by atoms with Gasteiger partial charge in [0.05, 0.1) is 0 Å². The molecule has 1 aromatic rings. The van der Waals surface area contributed by atoms with E-state index in [-0.39, 0.29) is 5.41 Å².